The summed E-state index contributed by atoms with van der Waals surface area (Å²) in [6.07, 6.45) is 3.85. The Morgan fingerprint density at radius 3 is 2.53 bits per heavy atom. The highest BCUT2D eigenvalue weighted by atomic mass is 32.2. The van der Waals surface area contributed by atoms with E-state index in [4.69, 9.17) is 0 Å². The van der Waals surface area contributed by atoms with Crippen LogP contribution in [0.2, 0.25) is 0 Å². The van der Waals surface area contributed by atoms with Crippen molar-refractivity contribution in [2.45, 2.75) is 0 Å². The van der Waals surface area contributed by atoms with Gasteiger partial charge in [0, 0.05) is 28.9 Å². The van der Waals surface area contributed by atoms with Crippen molar-refractivity contribution < 1.29 is 22.0 Å². The number of rotatable bonds is 5. The Balaban J connectivity index is 1.63. The fourth-order valence-corrected chi connectivity index (χ4v) is 4.53. The number of carbonyl (C=O) groups is 1. The Kier molecular flexibility index (Phi) is 5.13. The third-order valence-electron chi connectivity index (χ3n) is 5.50. The van der Waals surface area contributed by atoms with Gasteiger partial charge in [0.1, 0.15) is 17.2 Å². The first kappa shape index (κ1) is 21.7. The van der Waals surface area contributed by atoms with E-state index in [1.165, 1.54) is 6.20 Å². The van der Waals surface area contributed by atoms with Crippen LogP contribution in [0.15, 0.2) is 73.1 Å². The number of anilines is 1. The zero-order chi connectivity index (χ0) is 24.0. The molecule has 0 aliphatic carbocycles. The van der Waals surface area contributed by atoms with Gasteiger partial charge in [-0.25, -0.2) is 22.2 Å². The molecule has 0 radical (unpaired) electrons. The molecule has 0 saturated carbocycles. The predicted molar refractivity (Wildman–Crippen MR) is 127 cm³/mol. The van der Waals surface area contributed by atoms with Crippen molar-refractivity contribution in [2.24, 2.45) is 0 Å². The van der Waals surface area contributed by atoms with Gasteiger partial charge in [-0.2, -0.15) is 0 Å². The Morgan fingerprint density at radius 2 is 1.74 bits per heavy atom. The minimum Gasteiger partial charge on any atom is -0.345 e. The SMILES string of the molecule is CS(=O)(=O)Nc1c(F)ccc(C(=O)c2c[nH]c3ncc(-c4cccc5ccccc45)cc23)c1F. The second kappa shape index (κ2) is 8.03. The van der Waals surface area contributed by atoms with Crippen molar-refractivity contribution in [3.05, 3.63) is 95.8 Å². The Morgan fingerprint density at radius 1 is 0.971 bits per heavy atom. The second-order valence-electron chi connectivity index (χ2n) is 7.84. The van der Waals surface area contributed by atoms with Gasteiger partial charge in [-0.15, -0.1) is 0 Å². The number of pyridine rings is 1. The molecule has 34 heavy (non-hydrogen) atoms. The number of fused-ring (bicyclic) bond motifs is 2. The number of ketones is 1. The van der Waals surface area contributed by atoms with E-state index in [1.807, 2.05) is 42.5 Å². The second-order valence-corrected chi connectivity index (χ2v) is 9.58. The number of nitrogens with one attached hydrogen (secondary N) is 2. The number of benzene rings is 3. The molecule has 5 aromatic rings. The standard InChI is InChI=1S/C25H17F2N3O3S/c1-34(32,33)30-23-21(26)10-9-18(22(23)27)24(31)20-13-29-25-19(20)11-15(12-28-25)17-8-4-6-14-5-2-3-7-16(14)17/h2-13,30H,1H3,(H,28,29). The maximum absolute atomic E-state index is 15.0. The van der Waals surface area contributed by atoms with Crippen molar-refractivity contribution in [3.63, 3.8) is 0 Å². The molecule has 0 saturated heterocycles. The van der Waals surface area contributed by atoms with E-state index in [-0.39, 0.29) is 5.56 Å². The number of hydrogen-bond donors (Lipinski definition) is 2. The highest BCUT2D eigenvalue weighted by Crippen LogP contribution is 2.32. The van der Waals surface area contributed by atoms with Gasteiger partial charge in [0.05, 0.1) is 11.8 Å². The average molecular weight is 477 g/mol. The Hall–Kier alpha value is -4.11. The fraction of sp³-hybridized carbons (Fsp3) is 0.0400. The van der Waals surface area contributed by atoms with E-state index >= 15 is 4.39 Å². The molecule has 5 rings (SSSR count). The van der Waals surface area contributed by atoms with Gasteiger partial charge in [-0.3, -0.25) is 9.52 Å². The summed E-state index contributed by atoms with van der Waals surface area (Å²) < 4.78 is 53.9. The molecular formula is C25H17F2N3O3S. The number of halogens is 2. The van der Waals surface area contributed by atoms with Gasteiger partial charge in [0.25, 0.3) is 0 Å². The van der Waals surface area contributed by atoms with Crippen LogP contribution in [0.1, 0.15) is 15.9 Å². The Bertz CT molecular complexity index is 1710. The first-order valence-corrected chi connectivity index (χ1v) is 12.1. The molecule has 0 atom stereocenters. The zero-order valence-electron chi connectivity index (χ0n) is 17.8. The molecule has 0 unspecified atom stereocenters. The number of aromatic nitrogens is 2. The van der Waals surface area contributed by atoms with Crippen LogP contribution in [0, 0.1) is 11.6 Å². The van der Waals surface area contributed by atoms with Gasteiger partial charge in [0.2, 0.25) is 10.0 Å². The van der Waals surface area contributed by atoms with Crippen LogP contribution in [0.3, 0.4) is 0 Å². The van der Waals surface area contributed by atoms with Crippen LogP contribution < -0.4 is 4.72 Å². The van der Waals surface area contributed by atoms with Crippen LogP contribution in [-0.2, 0) is 10.0 Å². The molecule has 2 aromatic heterocycles. The summed E-state index contributed by atoms with van der Waals surface area (Å²) in [4.78, 5) is 20.6. The molecule has 0 aliphatic heterocycles. The smallest absolute Gasteiger partial charge is 0.230 e. The molecule has 0 aliphatic rings. The summed E-state index contributed by atoms with van der Waals surface area (Å²) in [6.45, 7) is 0. The summed E-state index contributed by atoms with van der Waals surface area (Å²) in [6, 6.07) is 17.3. The number of aromatic amines is 1. The van der Waals surface area contributed by atoms with Crippen molar-refractivity contribution in [3.8, 4) is 11.1 Å². The summed E-state index contributed by atoms with van der Waals surface area (Å²) in [5.74, 6) is -3.15. The number of carbonyl (C=O) groups excluding carboxylic acids is 1. The van der Waals surface area contributed by atoms with E-state index in [0.717, 1.165) is 40.3 Å². The number of sulfonamides is 1. The molecular weight excluding hydrogens is 460 g/mol. The monoisotopic (exact) mass is 477 g/mol. The first-order chi connectivity index (χ1) is 16.2. The summed E-state index contributed by atoms with van der Waals surface area (Å²) in [5, 5.41) is 2.51. The molecule has 0 fully saturated rings. The zero-order valence-corrected chi connectivity index (χ0v) is 18.6. The van der Waals surface area contributed by atoms with Crippen molar-refractivity contribution >= 4 is 43.3 Å². The number of hydrogen-bond acceptors (Lipinski definition) is 4. The van der Waals surface area contributed by atoms with Crippen LogP contribution in [0.25, 0.3) is 32.9 Å². The van der Waals surface area contributed by atoms with Gasteiger partial charge in [-0.1, -0.05) is 42.5 Å². The van der Waals surface area contributed by atoms with Crippen LogP contribution in [-0.4, -0.2) is 30.4 Å². The lowest BCUT2D eigenvalue weighted by Crippen LogP contribution is -2.15. The summed E-state index contributed by atoms with van der Waals surface area (Å²) >= 11 is 0. The van der Waals surface area contributed by atoms with Gasteiger partial charge in [0.15, 0.2) is 11.6 Å². The number of H-pyrrole nitrogens is 1. The first-order valence-electron chi connectivity index (χ1n) is 10.2. The third-order valence-corrected chi connectivity index (χ3v) is 6.07. The third kappa shape index (κ3) is 3.80. The van der Waals surface area contributed by atoms with Crippen LogP contribution in [0.5, 0.6) is 0 Å². The topological polar surface area (TPSA) is 91.9 Å². The maximum Gasteiger partial charge on any atom is 0.230 e. The molecule has 9 heteroatoms. The lowest BCUT2D eigenvalue weighted by Gasteiger charge is -2.10. The maximum atomic E-state index is 15.0. The molecule has 0 amide bonds. The number of nitrogens with zero attached hydrogens (tertiary/aromatic N) is 1. The van der Waals surface area contributed by atoms with Crippen LogP contribution in [0.4, 0.5) is 14.5 Å². The lowest BCUT2D eigenvalue weighted by molar-refractivity contribution is 0.103. The quantitative estimate of drug-likeness (QED) is 0.338. The highest BCUT2D eigenvalue weighted by Gasteiger charge is 2.24. The fourth-order valence-electron chi connectivity index (χ4n) is 3.97. The molecule has 0 bridgehead atoms. The van der Waals surface area contributed by atoms with Crippen LogP contribution >= 0.6 is 0 Å². The average Bonchev–Trinajstić information content (AvgIpc) is 3.24. The largest absolute Gasteiger partial charge is 0.345 e. The molecule has 2 N–H and O–H groups in total. The molecule has 6 nitrogen and oxygen atoms in total. The van der Waals surface area contributed by atoms with E-state index in [9.17, 15) is 17.6 Å². The minimum atomic E-state index is -3.96. The van der Waals surface area contributed by atoms with Gasteiger partial charge in [-0.05, 0) is 34.5 Å². The molecule has 170 valence electrons. The molecule has 2 heterocycles. The van der Waals surface area contributed by atoms with E-state index in [2.05, 4.69) is 9.97 Å². The Labute approximate surface area is 193 Å². The van der Waals surface area contributed by atoms with Gasteiger partial charge < -0.3 is 4.98 Å². The van der Waals surface area contributed by atoms with E-state index in [1.54, 1.807) is 17.0 Å². The van der Waals surface area contributed by atoms with E-state index in [0.29, 0.717) is 11.0 Å². The van der Waals surface area contributed by atoms with E-state index < -0.39 is 38.7 Å². The molecule has 0 spiro atoms. The van der Waals surface area contributed by atoms with Crippen molar-refractivity contribution in [1.82, 2.24) is 9.97 Å². The predicted octanol–water partition coefficient (Wildman–Crippen LogP) is 5.26. The lowest BCUT2D eigenvalue weighted by atomic mass is 9.97. The van der Waals surface area contributed by atoms with Crippen molar-refractivity contribution in [2.75, 3.05) is 11.0 Å². The summed E-state index contributed by atoms with van der Waals surface area (Å²) in [5.41, 5.74) is 0.855. The highest BCUT2D eigenvalue weighted by molar-refractivity contribution is 7.92. The van der Waals surface area contributed by atoms with Crippen molar-refractivity contribution in [1.29, 1.82) is 0 Å². The normalized spacial score (nSPS) is 11.7. The summed E-state index contributed by atoms with van der Waals surface area (Å²) in [7, 11) is -3.96. The van der Waals surface area contributed by atoms with Gasteiger partial charge >= 0.3 is 0 Å². The minimum absolute atomic E-state index is 0.125. The molecule has 3 aromatic carbocycles.